The van der Waals surface area contributed by atoms with Gasteiger partial charge in [-0.1, -0.05) is 37.8 Å². The lowest BCUT2D eigenvalue weighted by Gasteiger charge is -2.12. The van der Waals surface area contributed by atoms with E-state index in [9.17, 15) is 4.79 Å². The molecule has 0 heterocycles. The predicted octanol–water partition coefficient (Wildman–Crippen LogP) is 4.44. The first-order valence-corrected chi connectivity index (χ1v) is 7.15. The van der Waals surface area contributed by atoms with Gasteiger partial charge in [-0.05, 0) is 47.6 Å². The number of benzene rings is 1. The summed E-state index contributed by atoms with van der Waals surface area (Å²) in [5, 5.41) is 0. The first-order chi connectivity index (χ1) is 7.77. The Morgan fingerprint density at radius 1 is 1.12 bits per heavy atom. The second-order valence-corrected chi connectivity index (χ2v) is 5.81. The topological polar surface area (TPSA) is 17.1 Å². The normalized spacial score (nSPS) is 18.1. The first kappa shape index (κ1) is 12.1. The summed E-state index contributed by atoms with van der Waals surface area (Å²) in [6, 6.07) is 7.97. The fourth-order valence-corrected chi connectivity index (χ4v) is 2.96. The molecule has 1 fully saturated rings. The molecule has 1 nitrogen and oxygen atoms in total. The highest BCUT2D eigenvalue weighted by Gasteiger charge is 2.21. The van der Waals surface area contributed by atoms with Crippen molar-refractivity contribution in [3.05, 3.63) is 33.4 Å². The van der Waals surface area contributed by atoms with Crippen LogP contribution in [0.3, 0.4) is 0 Å². The van der Waals surface area contributed by atoms with E-state index < -0.39 is 0 Å². The van der Waals surface area contributed by atoms with Crippen LogP contribution in [-0.2, 0) is 0 Å². The summed E-state index contributed by atoms with van der Waals surface area (Å²) in [6.45, 7) is 0. The van der Waals surface area contributed by atoms with Gasteiger partial charge in [0.2, 0.25) is 0 Å². The molecular formula is C14H17IO. The Balaban J connectivity index is 2.11. The van der Waals surface area contributed by atoms with Gasteiger partial charge in [0.05, 0.1) is 0 Å². The highest BCUT2D eigenvalue weighted by molar-refractivity contribution is 14.1. The highest BCUT2D eigenvalue weighted by atomic mass is 127. The van der Waals surface area contributed by atoms with Gasteiger partial charge in [0.25, 0.3) is 0 Å². The fourth-order valence-electron chi connectivity index (χ4n) is 2.42. The van der Waals surface area contributed by atoms with Crippen molar-refractivity contribution < 1.29 is 4.79 Å². The van der Waals surface area contributed by atoms with Crippen LogP contribution in [0.1, 0.15) is 48.9 Å². The molecule has 1 saturated carbocycles. The summed E-state index contributed by atoms with van der Waals surface area (Å²) < 4.78 is 1.15. The van der Waals surface area contributed by atoms with Gasteiger partial charge in [-0.25, -0.2) is 0 Å². The Kier molecular flexibility index (Phi) is 4.38. The molecule has 0 N–H and O–H groups in total. The summed E-state index contributed by atoms with van der Waals surface area (Å²) in [5.74, 6) is 0.640. The lowest BCUT2D eigenvalue weighted by atomic mass is 9.91. The highest BCUT2D eigenvalue weighted by Crippen LogP contribution is 2.26. The molecular weight excluding hydrogens is 311 g/mol. The molecule has 0 amide bonds. The molecule has 0 radical (unpaired) electrons. The zero-order chi connectivity index (χ0) is 11.4. The minimum Gasteiger partial charge on any atom is -0.294 e. The van der Waals surface area contributed by atoms with Gasteiger partial charge in [-0.2, -0.15) is 0 Å². The van der Waals surface area contributed by atoms with Crippen LogP contribution in [0.4, 0.5) is 0 Å². The van der Waals surface area contributed by atoms with Crippen LogP contribution in [0.25, 0.3) is 0 Å². The number of ketones is 1. The quantitative estimate of drug-likeness (QED) is 0.445. The summed E-state index contributed by atoms with van der Waals surface area (Å²) in [4.78, 5) is 12.3. The summed E-state index contributed by atoms with van der Waals surface area (Å²) in [6.07, 6.45) is 7.22. The molecule has 86 valence electrons. The van der Waals surface area contributed by atoms with E-state index in [1.165, 1.54) is 25.7 Å². The Morgan fingerprint density at radius 2 is 1.81 bits per heavy atom. The minimum atomic E-state index is 0.278. The van der Waals surface area contributed by atoms with Crippen LogP contribution in [-0.4, -0.2) is 5.78 Å². The van der Waals surface area contributed by atoms with E-state index >= 15 is 0 Å². The van der Waals surface area contributed by atoms with Crippen molar-refractivity contribution in [3.8, 4) is 0 Å². The number of carbonyl (C=O) groups excluding carboxylic acids is 1. The van der Waals surface area contributed by atoms with Crippen LogP contribution < -0.4 is 0 Å². The minimum absolute atomic E-state index is 0.278. The molecule has 16 heavy (non-hydrogen) atoms. The molecule has 2 heteroatoms. The second-order valence-electron chi connectivity index (χ2n) is 4.56. The first-order valence-electron chi connectivity index (χ1n) is 6.07. The third-order valence-electron chi connectivity index (χ3n) is 3.34. The molecule has 1 aliphatic rings. The fraction of sp³-hybridized carbons (Fsp3) is 0.500. The molecule has 1 aliphatic carbocycles. The van der Waals surface area contributed by atoms with Crippen molar-refractivity contribution in [2.24, 2.45) is 5.92 Å². The molecule has 0 aliphatic heterocycles. The molecule has 0 bridgehead atoms. The van der Waals surface area contributed by atoms with Gasteiger partial charge in [-0.15, -0.1) is 0 Å². The maximum atomic E-state index is 12.3. The van der Waals surface area contributed by atoms with Crippen molar-refractivity contribution >= 4 is 28.4 Å². The molecule has 1 aromatic rings. The smallest absolute Gasteiger partial charge is 0.165 e. The summed E-state index contributed by atoms with van der Waals surface area (Å²) >= 11 is 2.27. The van der Waals surface area contributed by atoms with Crippen molar-refractivity contribution in [3.63, 3.8) is 0 Å². The molecule has 0 unspecified atom stereocenters. The van der Waals surface area contributed by atoms with Crippen LogP contribution in [0, 0.1) is 9.49 Å². The predicted molar refractivity (Wildman–Crippen MR) is 74.7 cm³/mol. The average molecular weight is 328 g/mol. The van der Waals surface area contributed by atoms with Crippen molar-refractivity contribution in [2.45, 2.75) is 38.5 Å². The van der Waals surface area contributed by atoms with Gasteiger partial charge in [0.1, 0.15) is 0 Å². The van der Waals surface area contributed by atoms with E-state index in [4.69, 9.17) is 0 Å². The number of hydrogen-bond acceptors (Lipinski definition) is 1. The Labute approximate surface area is 111 Å². The van der Waals surface area contributed by atoms with E-state index in [0.29, 0.717) is 5.78 Å². The van der Waals surface area contributed by atoms with E-state index in [2.05, 4.69) is 22.6 Å². The van der Waals surface area contributed by atoms with Crippen molar-refractivity contribution in [2.75, 3.05) is 0 Å². The molecule has 2 rings (SSSR count). The molecule has 0 atom stereocenters. The van der Waals surface area contributed by atoms with Crippen molar-refractivity contribution in [1.82, 2.24) is 0 Å². The van der Waals surface area contributed by atoms with Crippen LogP contribution in [0.5, 0.6) is 0 Å². The monoisotopic (exact) mass is 328 g/mol. The second kappa shape index (κ2) is 5.80. The third-order valence-corrected chi connectivity index (χ3v) is 4.01. The van der Waals surface area contributed by atoms with Gasteiger partial charge >= 0.3 is 0 Å². The molecule has 0 aromatic heterocycles. The molecule has 1 aromatic carbocycles. The van der Waals surface area contributed by atoms with Crippen molar-refractivity contribution in [1.29, 1.82) is 0 Å². The number of hydrogen-bond donors (Lipinski definition) is 0. The lowest BCUT2D eigenvalue weighted by molar-refractivity contribution is 0.0908. The number of Topliss-reactive ketones (excluding diaryl/α,β-unsaturated/α-hetero) is 1. The Bertz CT molecular complexity index is 365. The van der Waals surface area contributed by atoms with Gasteiger partial charge in [0.15, 0.2) is 5.78 Å². The Morgan fingerprint density at radius 3 is 2.44 bits per heavy atom. The SMILES string of the molecule is O=C(c1cccc(I)c1)C1CCCCCC1. The number of rotatable bonds is 2. The summed E-state index contributed by atoms with van der Waals surface area (Å²) in [7, 11) is 0. The zero-order valence-corrected chi connectivity index (χ0v) is 11.6. The van der Waals surface area contributed by atoms with Gasteiger partial charge in [0, 0.05) is 15.1 Å². The van der Waals surface area contributed by atoms with E-state index in [-0.39, 0.29) is 5.92 Å². The Hall–Kier alpha value is -0.380. The van der Waals surface area contributed by atoms with E-state index in [1.54, 1.807) is 0 Å². The average Bonchev–Trinajstić information content (AvgIpc) is 2.56. The number of carbonyl (C=O) groups is 1. The number of halogens is 1. The maximum absolute atomic E-state index is 12.3. The van der Waals surface area contributed by atoms with Crippen LogP contribution in [0.15, 0.2) is 24.3 Å². The van der Waals surface area contributed by atoms with E-state index in [0.717, 1.165) is 22.0 Å². The van der Waals surface area contributed by atoms with Gasteiger partial charge in [-0.3, -0.25) is 4.79 Å². The molecule has 0 saturated heterocycles. The van der Waals surface area contributed by atoms with E-state index in [1.807, 2.05) is 24.3 Å². The van der Waals surface area contributed by atoms with Crippen LogP contribution in [0.2, 0.25) is 0 Å². The van der Waals surface area contributed by atoms with Gasteiger partial charge < -0.3 is 0 Å². The maximum Gasteiger partial charge on any atom is 0.165 e. The molecule has 0 spiro atoms. The largest absolute Gasteiger partial charge is 0.294 e. The zero-order valence-electron chi connectivity index (χ0n) is 9.42. The standard InChI is InChI=1S/C14H17IO/c15-13-9-5-8-12(10-13)14(16)11-6-3-1-2-4-7-11/h5,8-11H,1-4,6-7H2. The van der Waals surface area contributed by atoms with Crippen LogP contribution >= 0.6 is 22.6 Å². The third kappa shape index (κ3) is 3.06. The summed E-state index contributed by atoms with van der Waals surface area (Å²) in [5.41, 5.74) is 0.902. The lowest BCUT2D eigenvalue weighted by Crippen LogP contribution is -2.14.